The van der Waals surface area contributed by atoms with Crippen LogP contribution in [0.15, 0.2) is 35.5 Å². The van der Waals surface area contributed by atoms with E-state index in [9.17, 15) is 4.79 Å². The Morgan fingerprint density at radius 2 is 2.04 bits per heavy atom. The van der Waals surface area contributed by atoms with Crippen LogP contribution in [0.4, 0.5) is 0 Å². The van der Waals surface area contributed by atoms with Crippen LogP contribution in [0.1, 0.15) is 26.7 Å². The highest BCUT2D eigenvalue weighted by Gasteiger charge is 2.22. The summed E-state index contributed by atoms with van der Waals surface area (Å²) in [7, 11) is 0. The van der Waals surface area contributed by atoms with Gasteiger partial charge in [-0.05, 0) is 26.7 Å². The summed E-state index contributed by atoms with van der Waals surface area (Å²) in [6, 6.07) is 10.0. The fourth-order valence-electron chi connectivity index (χ4n) is 3.15. The van der Waals surface area contributed by atoms with Gasteiger partial charge in [-0.25, -0.2) is 0 Å². The van der Waals surface area contributed by atoms with Crippen LogP contribution >= 0.6 is 11.8 Å². The van der Waals surface area contributed by atoms with Gasteiger partial charge in [-0.1, -0.05) is 42.1 Å². The molecule has 0 radical (unpaired) electrons. The molecule has 7 heteroatoms. The summed E-state index contributed by atoms with van der Waals surface area (Å²) < 4.78 is 7.91. The topological polar surface area (TPSA) is 60.2 Å². The number of aromatic nitrogens is 3. The zero-order valence-corrected chi connectivity index (χ0v) is 16.2. The van der Waals surface area contributed by atoms with Gasteiger partial charge in [0.1, 0.15) is 0 Å². The Bertz CT molecular complexity index is 710. The maximum Gasteiger partial charge on any atom is 0.233 e. The fraction of sp³-hybridized carbons (Fsp3) is 0.526. The van der Waals surface area contributed by atoms with Crippen molar-refractivity contribution in [2.45, 2.75) is 44.5 Å². The molecule has 0 spiro atoms. The molecular formula is C19H26N4O2S. The smallest absolute Gasteiger partial charge is 0.233 e. The van der Waals surface area contributed by atoms with E-state index in [1.807, 2.05) is 49.1 Å². The first-order chi connectivity index (χ1) is 12.7. The van der Waals surface area contributed by atoms with Gasteiger partial charge in [0.25, 0.3) is 0 Å². The first kappa shape index (κ1) is 18.9. The molecule has 1 saturated heterocycles. The highest BCUT2D eigenvalue weighted by Crippen LogP contribution is 2.26. The van der Waals surface area contributed by atoms with Crippen LogP contribution in [0.25, 0.3) is 11.4 Å². The molecule has 26 heavy (non-hydrogen) atoms. The number of carbonyl (C=O) groups excluding carboxylic acids is 1. The van der Waals surface area contributed by atoms with E-state index in [0.29, 0.717) is 5.75 Å². The van der Waals surface area contributed by atoms with Crippen LogP contribution in [0.3, 0.4) is 0 Å². The first-order valence-electron chi connectivity index (χ1n) is 9.23. The van der Waals surface area contributed by atoms with E-state index in [1.54, 1.807) is 0 Å². The molecular weight excluding hydrogens is 348 g/mol. The van der Waals surface area contributed by atoms with Crippen LogP contribution in [0.2, 0.25) is 0 Å². The molecule has 0 saturated carbocycles. The minimum atomic E-state index is 0.132. The van der Waals surface area contributed by atoms with Crippen LogP contribution in [0.5, 0.6) is 0 Å². The molecule has 1 aliphatic rings. The highest BCUT2D eigenvalue weighted by molar-refractivity contribution is 7.99. The Labute approximate surface area is 158 Å². The van der Waals surface area contributed by atoms with E-state index >= 15 is 0 Å². The van der Waals surface area contributed by atoms with E-state index in [1.165, 1.54) is 11.8 Å². The average molecular weight is 375 g/mol. The largest absolute Gasteiger partial charge is 0.376 e. The maximum atomic E-state index is 12.3. The van der Waals surface area contributed by atoms with Crippen molar-refractivity contribution in [2.24, 2.45) is 0 Å². The quantitative estimate of drug-likeness (QED) is 0.665. The van der Waals surface area contributed by atoms with Gasteiger partial charge in [-0.2, -0.15) is 0 Å². The second-order valence-corrected chi connectivity index (χ2v) is 7.22. The number of hydrogen-bond donors (Lipinski definition) is 0. The molecule has 2 aromatic rings. The predicted octanol–water partition coefficient (Wildman–Crippen LogP) is 3.08. The third kappa shape index (κ3) is 4.45. The van der Waals surface area contributed by atoms with Crippen molar-refractivity contribution in [3.63, 3.8) is 0 Å². The number of benzene rings is 1. The van der Waals surface area contributed by atoms with Gasteiger partial charge in [0.15, 0.2) is 11.0 Å². The standard InChI is InChI=1S/C19H26N4O2S/c1-3-22(4-2)17(24)14-26-19-21-20-18(15-9-6-5-7-10-15)23(19)13-16-11-8-12-25-16/h5-7,9-10,16H,3-4,8,11-14H2,1-2H3. The fourth-order valence-corrected chi connectivity index (χ4v) is 4.00. The van der Waals surface area contributed by atoms with E-state index in [4.69, 9.17) is 4.74 Å². The van der Waals surface area contributed by atoms with Gasteiger partial charge < -0.3 is 9.64 Å². The van der Waals surface area contributed by atoms with Gasteiger partial charge >= 0.3 is 0 Å². The number of rotatable bonds is 8. The monoisotopic (exact) mass is 374 g/mol. The molecule has 6 nitrogen and oxygen atoms in total. The molecule has 0 N–H and O–H groups in total. The van der Waals surface area contributed by atoms with Crippen molar-refractivity contribution in [1.82, 2.24) is 19.7 Å². The molecule has 0 bridgehead atoms. The Morgan fingerprint density at radius 3 is 2.69 bits per heavy atom. The van der Waals surface area contributed by atoms with E-state index in [-0.39, 0.29) is 12.0 Å². The second kappa shape index (κ2) is 9.19. The summed E-state index contributed by atoms with van der Waals surface area (Å²) in [6.07, 6.45) is 2.33. The normalized spacial score (nSPS) is 16.8. The Kier molecular flexibility index (Phi) is 6.68. The van der Waals surface area contributed by atoms with Crippen LogP contribution in [-0.2, 0) is 16.1 Å². The summed E-state index contributed by atoms with van der Waals surface area (Å²) in [6.45, 7) is 7.00. The Balaban J connectivity index is 1.80. The second-order valence-electron chi connectivity index (χ2n) is 6.27. The molecule has 1 aromatic carbocycles. The molecule has 1 unspecified atom stereocenters. The van der Waals surface area contributed by atoms with Crippen molar-refractivity contribution in [2.75, 3.05) is 25.4 Å². The van der Waals surface area contributed by atoms with Crippen molar-refractivity contribution < 1.29 is 9.53 Å². The van der Waals surface area contributed by atoms with Gasteiger partial charge in [0.2, 0.25) is 5.91 Å². The van der Waals surface area contributed by atoms with Crippen molar-refractivity contribution in [3.8, 4) is 11.4 Å². The van der Waals surface area contributed by atoms with E-state index in [0.717, 1.165) is 55.6 Å². The maximum absolute atomic E-state index is 12.3. The lowest BCUT2D eigenvalue weighted by Gasteiger charge is -2.18. The summed E-state index contributed by atoms with van der Waals surface area (Å²) in [5, 5.41) is 9.55. The van der Waals surface area contributed by atoms with Gasteiger partial charge in [0.05, 0.1) is 18.4 Å². The minimum absolute atomic E-state index is 0.132. The molecule has 140 valence electrons. The lowest BCUT2D eigenvalue weighted by atomic mass is 10.2. The van der Waals surface area contributed by atoms with Crippen molar-refractivity contribution in [3.05, 3.63) is 30.3 Å². The molecule has 1 atom stereocenters. The number of nitrogens with zero attached hydrogens (tertiary/aromatic N) is 4. The zero-order valence-electron chi connectivity index (χ0n) is 15.4. The number of ether oxygens (including phenoxy) is 1. The SMILES string of the molecule is CCN(CC)C(=O)CSc1nnc(-c2ccccc2)n1CC1CCCO1. The number of carbonyl (C=O) groups is 1. The molecule has 0 aliphatic carbocycles. The lowest BCUT2D eigenvalue weighted by Crippen LogP contribution is -2.32. The Morgan fingerprint density at radius 1 is 1.27 bits per heavy atom. The minimum Gasteiger partial charge on any atom is -0.376 e. The third-order valence-corrected chi connectivity index (χ3v) is 5.55. The van der Waals surface area contributed by atoms with Crippen LogP contribution in [0, 0.1) is 0 Å². The molecule has 1 amide bonds. The highest BCUT2D eigenvalue weighted by atomic mass is 32.2. The van der Waals surface area contributed by atoms with Crippen LogP contribution in [-0.4, -0.2) is 57.1 Å². The molecule has 2 heterocycles. The van der Waals surface area contributed by atoms with E-state index in [2.05, 4.69) is 14.8 Å². The van der Waals surface area contributed by atoms with Crippen molar-refractivity contribution >= 4 is 17.7 Å². The van der Waals surface area contributed by atoms with Gasteiger partial charge in [0, 0.05) is 25.3 Å². The average Bonchev–Trinajstić information content (AvgIpc) is 3.32. The predicted molar refractivity (Wildman–Crippen MR) is 103 cm³/mol. The molecule has 1 aliphatic heterocycles. The first-order valence-corrected chi connectivity index (χ1v) is 10.2. The number of amides is 1. The lowest BCUT2D eigenvalue weighted by molar-refractivity contribution is -0.127. The number of hydrogen-bond acceptors (Lipinski definition) is 5. The van der Waals surface area contributed by atoms with Crippen LogP contribution < -0.4 is 0 Å². The van der Waals surface area contributed by atoms with Gasteiger partial charge in [-0.3, -0.25) is 9.36 Å². The Hall–Kier alpha value is -1.86. The number of thioether (sulfide) groups is 1. The third-order valence-electron chi connectivity index (χ3n) is 4.60. The zero-order chi connectivity index (χ0) is 18.4. The summed E-state index contributed by atoms with van der Waals surface area (Å²) >= 11 is 1.46. The van der Waals surface area contributed by atoms with E-state index < -0.39 is 0 Å². The summed E-state index contributed by atoms with van der Waals surface area (Å²) in [5.41, 5.74) is 1.03. The summed E-state index contributed by atoms with van der Waals surface area (Å²) in [4.78, 5) is 14.2. The van der Waals surface area contributed by atoms with Crippen molar-refractivity contribution in [1.29, 1.82) is 0 Å². The molecule has 1 aromatic heterocycles. The molecule has 1 fully saturated rings. The van der Waals surface area contributed by atoms with Gasteiger partial charge in [-0.15, -0.1) is 10.2 Å². The molecule has 3 rings (SSSR count). The summed E-state index contributed by atoms with van der Waals surface area (Å²) in [5.74, 6) is 1.34.